The van der Waals surface area contributed by atoms with Crippen LogP contribution in [0.4, 0.5) is 4.79 Å². The predicted octanol–water partition coefficient (Wildman–Crippen LogP) is 2.36. The summed E-state index contributed by atoms with van der Waals surface area (Å²) in [5, 5.41) is 2.49. The molecule has 0 bridgehead atoms. The molecular weight excluding hydrogens is 240 g/mol. The van der Waals surface area contributed by atoms with E-state index in [-0.39, 0.29) is 11.9 Å². The Bertz CT molecular complexity index is 533. The van der Waals surface area contributed by atoms with Gasteiger partial charge in [0.1, 0.15) is 5.54 Å². The zero-order valence-corrected chi connectivity index (χ0v) is 11.1. The molecule has 0 unspecified atom stereocenters. The fourth-order valence-corrected chi connectivity index (χ4v) is 3.24. The maximum atomic E-state index is 12.1. The molecule has 0 atom stereocenters. The lowest BCUT2D eigenvalue weighted by atomic mass is 9.95. The van der Waals surface area contributed by atoms with Gasteiger partial charge in [-0.3, -0.25) is 10.1 Å². The second-order valence-corrected chi connectivity index (χ2v) is 5.51. The fourth-order valence-electron chi connectivity index (χ4n) is 3.24. The molecule has 3 rings (SSSR count). The van der Waals surface area contributed by atoms with Crippen molar-refractivity contribution in [2.75, 3.05) is 0 Å². The van der Waals surface area contributed by atoms with Crippen LogP contribution in [0.25, 0.3) is 0 Å². The van der Waals surface area contributed by atoms with E-state index in [0.717, 1.165) is 36.8 Å². The van der Waals surface area contributed by atoms with Crippen molar-refractivity contribution in [1.82, 2.24) is 10.2 Å². The van der Waals surface area contributed by atoms with Gasteiger partial charge in [0, 0.05) is 6.54 Å². The largest absolute Gasteiger partial charge is 0.325 e. The van der Waals surface area contributed by atoms with Crippen molar-refractivity contribution in [3.05, 3.63) is 35.4 Å². The summed E-state index contributed by atoms with van der Waals surface area (Å²) in [6.45, 7) is 2.55. The van der Waals surface area contributed by atoms with Crippen LogP contribution >= 0.6 is 0 Å². The Hall–Kier alpha value is -1.84. The molecule has 1 spiro atoms. The van der Waals surface area contributed by atoms with E-state index in [1.165, 1.54) is 0 Å². The lowest BCUT2D eigenvalue weighted by Gasteiger charge is -2.31. The number of carbonyl (C=O) groups excluding carboxylic acids is 2. The van der Waals surface area contributed by atoms with Crippen molar-refractivity contribution in [1.29, 1.82) is 0 Å². The van der Waals surface area contributed by atoms with Gasteiger partial charge < -0.3 is 4.90 Å². The fraction of sp³-hybridized carbons (Fsp3) is 0.467. The number of amides is 3. The Labute approximate surface area is 112 Å². The molecular formula is C15H18N2O2. The molecule has 1 saturated carbocycles. The lowest BCUT2D eigenvalue weighted by molar-refractivity contribution is -0.126. The van der Waals surface area contributed by atoms with E-state index in [2.05, 4.69) is 5.32 Å². The number of aryl methyl sites for hydroxylation is 1. The summed E-state index contributed by atoms with van der Waals surface area (Å²) < 4.78 is 0. The van der Waals surface area contributed by atoms with Gasteiger partial charge in [-0.1, -0.05) is 37.1 Å². The van der Waals surface area contributed by atoms with Crippen LogP contribution in [0.3, 0.4) is 0 Å². The van der Waals surface area contributed by atoms with Crippen LogP contribution in [0.1, 0.15) is 36.8 Å². The van der Waals surface area contributed by atoms with Crippen LogP contribution in [0.15, 0.2) is 24.3 Å². The number of rotatable bonds is 2. The van der Waals surface area contributed by atoms with Crippen LogP contribution in [-0.2, 0) is 11.3 Å². The van der Waals surface area contributed by atoms with Crippen molar-refractivity contribution in [2.45, 2.75) is 44.7 Å². The van der Waals surface area contributed by atoms with E-state index in [9.17, 15) is 9.59 Å². The molecule has 100 valence electrons. The minimum Gasteiger partial charge on any atom is -0.305 e. The van der Waals surface area contributed by atoms with E-state index in [1.54, 1.807) is 4.90 Å². The molecule has 19 heavy (non-hydrogen) atoms. The number of benzene rings is 1. The van der Waals surface area contributed by atoms with Crippen LogP contribution < -0.4 is 5.32 Å². The number of carbonyl (C=O) groups is 2. The van der Waals surface area contributed by atoms with Crippen LogP contribution in [-0.4, -0.2) is 22.4 Å². The maximum absolute atomic E-state index is 12.1. The SMILES string of the molecule is Cc1ccccc1CN1C(=O)NC(=O)C12CCCC2. The second kappa shape index (κ2) is 4.37. The first-order valence-corrected chi connectivity index (χ1v) is 6.81. The molecule has 3 amide bonds. The molecule has 4 heteroatoms. The third-order valence-electron chi connectivity index (χ3n) is 4.43. The molecule has 4 nitrogen and oxygen atoms in total. The number of hydrogen-bond donors (Lipinski definition) is 1. The Morgan fingerprint density at radius 1 is 1.21 bits per heavy atom. The number of urea groups is 1. The predicted molar refractivity (Wildman–Crippen MR) is 71.5 cm³/mol. The molecule has 2 fully saturated rings. The van der Waals surface area contributed by atoms with E-state index in [1.807, 2.05) is 31.2 Å². The highest BCUT2D eigenvalue weighted by Gasteiger charge is 2.53. The first-order chi connectivity index (χ1) is 9.13. The first kappa shape index (κ1) is 12.2. The van der Waals surface area contributed by atoms with Gasteiger partial charge in [-0.2, -0.15) is 0 Å². The number of nitrogens with zero attached hydrogens (tertiary/aromatic N) is 1. The number of imide groups is 1. The molecule has 0 aromatic heterocycles. The molecule has 1 saturated heterocycles. The van der Waals surface area contributed by atoms with E-state index in [4.69, 9.17) is 0 Å². The highest BCUT2D eigenvalue weighted by molar-refractivity contribution is 6.07. The Morgan fingerprint density at radius 3 is 2.58 bits per heavy atom. The third kappa shape index (κ3) is 1.82. The van der Waals surface area contributed by atoms with Gasteiger partial charge in [0.2, 0.25) is 0 Å². The summed E-state index contributed by atoms with van der Waals surface area (Å²) in [7, 11) is 0. The zero-order valence-electron chi connectivity index (χ0n) is 11.1. The van der Waals surface area contributed by atoms with E-state index in [0.29, 0.717) is 6.54 Å². The minimum absolute atomic E-state index is 0.108. The lowest BCUT2D eigenvalue weighted by Crippen LogP contribution is -2.46. The standard InChI is InChI=1S/C15H18N2O2/c1-11-6-2-3-7-12(11)10-17-14(19)16-13(18)15(17)8-4-5-9-15/h2-3,6-7H,4-5,8-10H2,1H3,(H,16,18,19). The van der Waals surface area contributed by atoms with Gasteiger partial charge in [0.15, 0.2) is 0 Å². The maximum Gasteiger partial charge on any atom is 0.325 e. The quantitative estimate of drug-likeness (QED) is 0.828. The van der Waals surface area contributed by atoms with Crippen molar-refractivity contribution in [3.63, 3.8) is 0 Å². The molecule has 1 N–H and O–H groups in total. The minimum atomic E-state index is -0.584. The summed E-state index contributed by atoms with van der Waals surface area (Å²) in [6, 6.07) is 7.77. The van der Waals surface area contributed by atoms with Crippen molar-refractivity contribution in [2.24, 2.45) is 0 Å². The highest BCUT2D eigenvalue weighted by Crippen LogP contribution is 2.39. The first-order valence-electron chi connectivity index (χ1n) is 6.81. The third-order valence-corrected chi connectivity index (χ3v) is 4.43. The monoisotopic (exact) mass is 258 g/mol. The molecule has 1 heterocycles. The van der Waals surface area contributed by atoms with Crippen LogP contribution in [0, 0.1) is 6.92 Å². The molecule has 0 radical (unpaired) electrons. The zero-order chi connectivity index (χ0) is 13.5. The van der Waals surface area contributed by atoms with Crippen molar-refractivity contribution >= 4 is 11.9 Å². The molecule has 1 aromatic carbocycles. The number of hydrogen-bond acceptors (Lipinski definition) is 2. The van der Waals surface area contributed by atoms with Gasteiger partial charge >= 0.3 is 6.03 Å². The van der Waals surface area contributed by atoms with Gasteiger partial charge in [-0.25, -0.2) is 4.79 Å². The Kier molecular flexibility index (Phi) is 2.81. The topological polar surface area (TPSA) is 49.4 Å². The van der Waals surface area contributed by atoms with Crippen LogP contribution in [0.5, 0.6) is 0 Å². The van der Waals surface area contributed by atoms with Crippen LogP contribution in [0.2, 0.25) is 0 Å². The summed E-state index contributed by atoms with van der Waals surface area (Å²) >= 11 is 0. The van der Waals surface area contributed by atoms with Crippen molar-refractivity contribution in [3.8, 4) is 0 Å². The summed E-state index contributed by atoms with van der Waals surface area (Å²) in [5.74, 6) is -0.108. The van der Waals surface area contributed by atoms with E-state index >= 15 is 0 Å². The molecule has 2 aliphatic rings. The summed E-state index contributed by atoms with van der Waals surface area (Å²) in [4.78, 5) is 25.9. The number of nitrogens with one attached hydrogen (secondary N) is 1. The second-order valence-electron chi connectivity index (χ2n) is 5.51. The molecule has 1 aromatic rings. The van der Waals surface area contributed by atoms with Gasteiger partial charge in [0.05, 0.1) is 0 Å². The molecule has 1 aliphatic carbocycles. The summed E-state index contributed by atoms with van der Waals surface area (Å²) in [6.07, 6.45) is 3.61. The van der Waals surface area contributed by atoms with Crippen molar-refractivity contribution < 1.29 is 9.59 Å². The van der Waals surface area contributed by atoms with Gasteiger partial charge in [0.25, 0.3) is 5.91 Å². The average molecular weight is 258 g/mol. The molecule has 1 aliphatic heterocycles. The summed E-state index contributed by atoms with van der Waals surface area (Å²) in [5.41, 5.74) is 1.68. The van der Waals surface area contributed by atoms with Gasteiger partial charge in [-0.15, -0.1) is 0 Å². The highest BCUT2D eigenvalue weighted by atomic mass is 16.2. The Morgan fingerprint density at radius 2 is 1.89 bits per heavy atom. The normalized spacial score (nSPS) is 21.2. The van der Waals surface area contributed by atoms with Gasteiger partial charge in [-0.05, 0) is 30.9 Å². The average Bonchev–Trinajstić information content (AvgIpc) is 2.95. The van der Waals surface area contributed by atoms with E-state index < -0.39 is 5.54 Å². The Balaban J connectivity index is 1.92. The smallest absolute Gasteiger partial charge is 0.305 e.